The van der Waals surface area contributed by atoms with Crippen LogP contribution in [0.1, 0.15) is 28.8 Å². The molecule has 2 aromatic carbocycles. The second-order valence-corrected chi connectivity index (χ2v) is 7.25. The van der Waals surface area contributed by atoms with Gasteiger partial charge in [-0.3, -0.25) is 14.4 Å². The second-order valence-electron chi connectivity index (χ2n) is 6.82. The molecule has 4 N–H and O–H groups in total. The zero-order chi connectivity index (χ0) is 21.4. The normalized spacial score (nSPS) is 11.4. The van der Waals surface area contributed by atoms with Crippen molar-refractivity contribution >= 4 is 35.0 Å². The lowest BCUT2D eigenvalue weighted by atomic mass is 10.1. The number of amides is 3. The first-order chi connectivity index (χ1) is 13.8. The van der Waals surface area contributed by atoms with Gasteiger partial charge in [-0.25, -0.2) is 0 Å². The quantitative estimate of drug-likeness (QED) is 0.582. The highest BCUT2D eigenvalue weighted by atomic mass is 35.5. The molecule has 0 aromatic heterocycles. The summed E-state index contributed by atoms with van der Waals surface area (Å²) in [5, 5.41) is 5.96. The van der Waals surface area contributed by atoms with E-state index in [1.807, 2.05) is 43.3 Å². The van der Waals surface area contributed by atoms with Gasteiger partial charge in [0.2, 0.25) is 11.8 Å². The van der Waals surface area contributed by atoms with E-state index in [0.29, 0.717) is 17.1 Å². The number of carbonyl (C=O) groups excluding carboxylic acids is 3. The van der Waals surface area contributed by atoms with Crippen molar-refractivity contribution < 1.29 is 14.4 Å². The van der Waals surface area contributed by atoms with Crippen molar-refractivity contribution in [3.05, 3.63) is 64.7 Å². The molecule has 0 unspecified atom stereocenters. The van der Waals surface area contributed by atoms with Gasteiger partial charge >= 0.3 is 0 Å². The van der Waals surface area contributed by atoms with Gasteiger partial charge in [0.1, 0.15) is 6.04 Å². The maximum Gasteiger partial charge on any atom is 0.251 e. The van der Waals surface area contributed by atoms with Crippen LogP contribution in [0.25, 0.3) is 0 Å². The molecule has 0 aliphatic heterocycles. The molecule has 7 nitrogen and oxygen atoms in total. The molecule has 0 saturated heterocycles. The summed E-state index contributed by atoms with van der Waals surface area (Å²) in [6, 6.07) is 13.2. The number of hydrogen-bond donors (Lipinski definition) is 3. The molecular formula is C21H25ClN4O3. The van der Waals surface area contributed by atoms with Crippen LogP contribution in [0.15, 0.2) is 48.5 Å². The third kappa shape index (κ3) is 7.12. The van der Waals surface area contributed by atoms with Crippen LogP contribution < -0.4 is 21.3 Å². The number of benzene rings is 2. The minimum absolute atomic E-state index is 0.0173. The highest BCUT2D eigenvalue weighted by Crippen LogP contribution is 2.13. The molecule has 0 aliphatic rings. The zero-order valence-electron chi connectivity index (χ0n) is 16.4. The van der Waals surface area contributed by atoms with E-state index in [-0.39, 0.29) is 18.7 Å². The fraction of sp³-hybridized carbons (Fsp3) is 0.286. The van der Waals surface area contributed by atoms with E-state index in [1.165, 1.54) is 0 Å². The number of nitrogens with one attached hydrogen (secondary N) is 2. The molecule has 0 radical (unpaired) electrons. The zero-order valence-corrected chi connectivity index (χ0v) is 17.2. The Labute approximate surface area is 175 Å². The molecular weight excluding hydrogens is 392 g/mol. The molecule has 0 heterocycles. The van der Waals surface area contributed by atoms with Crippen LogP contribution in [0.2, 0.25) is 5.02 Å². The number of nitrogens with two attached hydrogens (primary N) is 1. The molecule has 2 rings (SSSR count). The summed E-state index contributed by atoms with van der Waals surface area (Å²) in [6.07, 6.45) is 0.0938. The maximum atomic E-state index is 12.6. The number of primary amides is 1. The van der Waals surface area contributed by atoms with E-state index in [0.717, 1.165) is 11.3 Å². The lowest BCUT2D eigenvalue weighted by Gasteiger charge is -2.18. The lowest BCUT2D eigenvalue weighted by molar-refractivity contribution is -0.123. The van der Waals surface area contributed by atoms with E-state index in [2.05, 4.69) is 10.6 Å². The topological polar surface area (TPSA) is 105 Å². The number of hydrogen-bond acceptors (Lipinski definition) is 4. The number of nitrogens with zero attached hydrogens (tertiary/aromatic N) is 1. The third-order valence-corrected chi connectivity index (χ3v) is 4.58. The Morgan fingerprint density at radius 2 is 1.66 bits per heavy atom. The second kappa shape index (κ2) is 10.5. The highest BCUT2D eigenvalue weighted by molar-refractivity contribution is 6.30. The summed E-state index contributed by atoms with van der Waals surface area (Å²) in [5.41, 5.74) is 7.54. The van der Waals surface area contributed by atoms with E-state index in [1.54, 1.807) is 24.3 Å². The van der Waals surface area contributed by atoms with Gasteiger partial charge in [-0.15, -0.1) is 0 Å². The standard InChI is InChI=1S/C21H25ClN4O3/c1-26(2)17-9-3-14(4-10-17)13-24-21(29)18(11-12-19(23)27)25-20(28)15-5-7-16(22)8-6-15/h3-10,18H,11-13H2,1-2H3,(H2,23,27)(H,24,29)(H,25,28)/t18-/m1/s1. The Morgan fingerprint density at radius 3 is 2.21 bits per heavy atom. The van der Waals surface area contributed by atoms with Crippen LogP contribution in [0.5, 0.6) is 0 Å². The first kappa shape index (κ1) is 22.2. The fourth-order valence-corrected chi connectivity index (χ4v) is 2.75. The van der Waals surface area contributed by atoms with Crippen LogP contribution in [0, 0.1) is 0 Å². The third-order valence-electron chi connectivity index (χ3n) is 4.33. The smallest absolute Gasteiger partial charge is 0.251 e. The van der Waals surface area contributed by atoms with Crippen molar-refractivity contribution in [3.63, 3.8) is 0 Å². The Hall–Kier alpha value is -3.06. The van der Waals surface area contributed by atoms with E-state index in [4.69, 9.17) is 17.3 Å². The van der Waals surface area contributed by atoms with Gasteiger partial charge in [0, 0.05) is 43.3 Å². The molecule has 0 spiro atoms. The fourth-order valence-electron chi connectivity index (χ4n) is 2.62. The molecule has 154 valence electrons. The van der Waals surface area contributed by atoms with Gasteiger partial charge in [-0.2, -0.15) is 0 Å². The van der Waals surface area contributed by atoms with Crippen molar-refractivity contribution in [2.75, 3.05) is 19.0 Å². The van der Waals surface area contributed by atoms with Gasteiger partial charge in [-0.05, 0) is 48.4 Å². The molecule has 0 fully saturated rings. The minimum Gasteiger partial charge on any atom is -0.378 e. The molecule has 0 aliphatic carbocycles. The Balaban J connectivity index is 2.01. The predicted molar refractivity (Wildman–Crippen MR) is 114 cm³/mol. The average Bonchev–Trinajstić information content (AvgIpc) is 2.69. The summed E-state index contributed by atoms with van der Waals surface area (Å²) in [7, 11) is 3.90. The van der Waals surface area contributed by atoms with Crippen LogP contribution in [-0.2, 0) is 16.1 Å². The Bertz CT molecular complexity index is 851. The van der Waals surface area contributed by atoms with Crippen LogP contribution in [0.4, 0.5) is 5.69 Å². The first-order valence-corrected chi connectivity index (χ1v) is 9.53. The molecule has 8 heteroatoms. The first-order valence-electron chi connectivity index (χ1n) is 9.15. The van der Waals surface area contributed by atoms with Crippen molar-refractivity contribution in [1.29, 1.82) is 0 Å². The largest absolute Gasteiger partial charge is 0.378 e. The molecule has 0 saturated carbocycles. The van der Waals surface area contributed by atoms with E-state index >= 15 is 0 Å². The van der Waals surface area contributed by atoms with E-state index < -0.39 is 17.9 Å². The molecule has 2 aromatic rings. The van der Waals surface area contributed by atoms with Crippen LogP contribution >= 0.6 is 11.6 Å². The van der Waals surface area contributed by atoms with Gasteiger partial charge in [-0.1, -0.05) is 23.7 Å². The monoisotopic (exact) mass is 416 g/mol. The predicted octanol–water partition coefficient (Wildman–Crippen LogP) is 2.09. The highest BCUT2D eigenvalue weighted by Gasteiger charge is 2.22. The van der Waals surface area contributed by atoms with Crippen LogP contribution in [-0.4, -0.2) is 37.9 Å². The summed E-state index contributed by atoms with van der Waals surface area (Å²) in [5.74, 6) is -1.35. The SMILES string of the molecule is CN(C)c1ccc(CNC(=O)[C@@H](CCC(N)=O)NC(=O)c2ccc(Cl)cc2)cc1. The van der Waals surface area contributed by atoms with Gasteiger partial charge in [0.25, 0.3) is 5.91 Å². The lowest BCUT2D eigenvalue weighted by Crippen LogP contribution is -2.47. The maximum absolute atomic E-state index is 12.6. The molecule has 1 atom stereocenters. The van der Waals surface area contributed by atoms with Crippen molar-refractivity contribution in [1.82, 2.24) is 10.6 Å². The van der Waals surface area contributed by atoms with E-state index in [9.17, 15) is 14.4 Å². The van der Waals surface area contributed by atoms with Gasteiger partial charge < -0.3 is 21.3 Å². The van der Waals surface area contributed by atoms with Gasteiger partial charge in [0.15, 0.2) is 0 Å². The molecule has 3 amide bonds. The van der Waals surface area contributed by atoms with Crippen molar-refractivity contribution in [3.8, 4) is 0 Å². The average molecular weight is 417 g/mol. The number of anilines is 1. The number of carbonyl (C=O) groups is 3. The van der Waals surface area contributed by atoms with Crippen molar-refractivity contribution in [2.24, 2.45) is 5.73 Å². The minimum atomic E-state index is -0.883. The number of halogens is 1. The Kier molecular flexibility index (Phi) is 8.03. The van der Waals surface area contributed by atoms with Crippen molar-refractivity contribution in [2.45, 2.75) is 25.4 Å². The summed E-state index contributed by atoms with van der Waals surface area (Å²) in [6.45, 7) is 0.302. The van der Waals surface area contributed by atoms with Crippen LogP contribution in [0.3, 0.4) is 0 Å². The summed E-state index contributed by atoms with van der Waals surface area (Å²) < 4.78 is 0. The Morgan fingerprint density at radius 1 is 1.03 bits per heavy atom. The molecule has 0 bridgehead atoms. The number of rotatable bonds is 9. The summed E-state index contributed by atoms with van der Waals surface area (Å²) in [4.78, 5) is 38.2. The molecule has 29 heavy (non-hydrogen) atoms. The summed E-state index contributed by atoms with van der Waals surface area (Å²) >= 11 is 5.83. The van der Waals surface area contributed by atoms with Gasteiger partial charge in [0.05, 0.1) is 0 Å².